The van der Waals surface area contributed by atoms with E-state index in [0.29, 0.717) is 18.7 Å². The lowest BCUT2D eigenvalue weighted by Gasteiger charge is -2.39. The number of carbonyl (C=O) groups is 2. The molecule has 0 aromatic heterocycles. The third kappa shape index (κ3) is 3.18. The van der Waals surface area contributed by atoms with E-state index >= 15 is 0 Å². The molecule has 130 valence electrons. The first-order chi connectivity index (χ1) is 11.3. The van der Waals surface area contributed by atoms with Crippen molar-refractivity contribution in [2.45, 2.75) is 38.8 Å². The molecule has 0 radical (unpaired) electrons. The topological polar surface area (TPSA) is 59.1 Å². The van der Waals surface area contributed by atoms with Crippen LogP contribution < -0.4 is 4.90 Å². The average Bonchev–Trinajstić information content (AvgIpc) is 2.89. The van der Waals surface area contributed by atoms with Crippen LogP contribution in [-0.4, -0.2) is 55.3 Å². The summed E-state index contributed by atoms with van der Waals surface area (Å²) in [6.07, 6.45) is 0.563. The molecule has 0 bridgehead atoms. The molecule has 1 aromatic rings. The summed E-state index contributed by atoms with van der Waals surface area (Å²) in [5, 5.41) is 0. The number of ether oxygens (including phenoxy) is 2. The number of fused-ring (bicyclic) bond motifs is 3. The van der Waals surface area contributed by atoms with Gasteiger partial charge in [-0.15, -0.1) is 0 Å². The molecule has 1 aromatic carbocycles. The van der Waals surface area contributed by atoms with Gasteiger partial charge in [-0.25, -0.2) is 9.59 Å². The number of esters is 1. The van der Waals surface area contributed by atoms with Gasteiger partial charge in [0.15, 0.2) is 0 Å². The van der Waals surface area contributed by atoms with E-state index in [-0.39, 0.29) is 18.1 Å². The summed E-state index contributed by atoms with van der Waals surface area (Å²) in [6.45, 7) is 7.68. The van der Waals surface area contributed by atoms with Crippen LogP contribution in [0.2, 0.25) is 0 Å². The predicted octanol–water partition coefficient (Wildman–Crippen LogP) is 2.46. The van der Waals surface area contributed by atoms with E-state index in [0.717, 1.165) is 24.2 Å². The van der Waals surface area contributed by atoms with E-state index in [4.69, 9.17) is 9.47 Å². The Morgan fingerprint density at radius 2 is 1.96 bits per heavy atom. The lowest BCUT2D eigenvalue weighted by atomic mass is 10.1. The van der Waals surface area contributed by atoms with Gasteiger partial charge in [0.05, 0.1) is 18.7 Å². The number of anilines is 1. The SMILES string of the molecule is COC(=O)c1ccc2c(c1)CC1CN(C(=O)OC(C)(C)C)CCN21. The van der Waals surface area contributed by atoms with Gasteiger partial charge in [0.25, 0.3) is 0 Å². The number of rotatable bonds is 1. The maximum atomic E-state index is 12.3. The van der Waals surface area contributed by atoms with Crippen molar-refractivity contribution >= 4 is 17.7 Å². The molecule has 6 heteroatoms. The monoisotopic (exact) mass is 332 g/mol. The average molecular weight is 332 g/mol. The van der Waals surface area contributed by atoms with E-state index in [1.54, 1.807) is 11.0 Å². The molecule has 2 heterocycles. The number of piperazine rings is 1. The zero-order valence-electron chi connectivity index (χ0n) is 14.7. The molecule has 1 atom stereocenters. The maximum absolute atomic E-state index is 12.3. The standard InChI is InChI=1S/C18H24N2O4/c1-18(2,3)24-17(22)19-7-8-20-14(11-19)10-13-9-12(16(21)23-4)5-6-15(13)20/h5-6,9,14H,7-8,10-11H2,1-4H3. The second-order valence-electron chi connectivity index (χ2n) is 7.31. The first-order valence-corrected chi connectivity index (χ1v) is 8.24. The summed E-state index contributed by atoms with van der Waals surface area (Å²) in [4.78, 5) is 28.1. The lowest BCUT2D eigenvalue weighted by molar-refractivity contribution is 0.0217. The van der Waals surface area contributed by atoms with E-state index in [2.05, 4.69) is 4.90 Å². The van der Waals surface area contributed by atoms with Gasteiger partial charge in [0.1, 0.15) is 5.60 Å². The van der Waals surface area contributed by atoms with Crippen molar-refractivity contribution in [2.24, 2.45) is 0 Å². The second-order valence-corrected chi connectivity index (χ2v) is 7.31. The molecule has 1 unspecified atom stereocenters. The zero-order valence-corrected chi connectivity index (χ0v) is 14.7. The van der Waals surface area contributed by atoms with Crippen LogP contribution in [0.15, 0.2) is 18.2 Å². The van der Waals surface area contributed by atoms with Crippen molar-refractivity contribution in [1.29, 1.82) is 0 Å². The van der Waals surface area contributed by atoms with Gasteiger partial charge in [-0.2, -0.15) is 0 Å². The van der Waals surface area contributed by atoms with Crippen LogP contribution >= 0.6 is 0 Å². The Hall–Kier alpha value is -2.24. The molecule has 1 fully saturated rings. The molecule has 2 aliphatic rings. The molecule has 1 amide bonds. The Morgan fingerprint density at radius 3 is 2.62 bits per heavy atom. The number of nitrogens with zero attached hydrogens (tertiary/aromatic N) is 2. The van der Waals surface area contributed by atoms with Gasteiger partial charge >= 0.3 is 12.1 Å². The molecule has 0 saturated carbocycles. The second kappa shape index (κ2) is 6.00. The van der Waals surface area contributed by atoms with Crippen molar-refractivity contribution in [3.05, 3.63) is 29.3 Å². The third-order valence-corrected chi connectivity index (χ3v) is 4.40. The number of benzene rings is 1. The molecule has 0 N–H and O–H groups in total. The van der Waals surface area contributed by atoms with E-state index in [1.165, 1.54) is 7.11 Å². The Bertz CT molecular complexity index is 665. The normalized spacial score (nSPS) is 19.6. The van der Waals surface area contributed by atoms with Gasteiger partial charge in [0.2, 0.25) is 0 Å². The summed E-state index contributed by atoms with van der Waals surface area (Å²) >= 11 is 0. The molecule has 3 rings (SSSR count). The molecule has 0 spiro atoms. The maximum Gasteiger partial charge on any atom is 0.410 e. The molecule has 24 heavy (non-hydrogen) atoms. The predicted molar refractivity (Wildman–Crippen MR) is 90.4 cm³/mol. The fraction of sp³-hybridized carbons (Fsp3) is 0.556. The van der Waals surface area contributed by atoms with Crippen molar-refractivity contribution < 1.29 is 19.1 Å². The first kappa shape index (κ1) is 16.6. The number of amides is 1. The van der Waals surface area contributed by atoms with Crippen LogP contribution in [0.3, 0.4) is 0 Å². The lowest BCUT2D eigenvalue weighted by Crippen LogP contribution is -2.54. The third-order valence-electron chi connectivity index (χ3n) is 4.40. The highest BCUT2D eigenvalue weighted by molar-refractivity contribution is 5.90. The summed E-state index contributed by atoms with van der Waals surface area (Å²) in [7, 11) is 1.39. The minimum Gasteiger partial charge on any atom is -0.465 e. The van der Waals surface area contributed by atoms with Crippen LogP contribution in [-0.2, 0) is 15.9 Å². The number of carbonyl (C=O) groups excluding carboxylic acids is 2. The molecular weight excluding hydrogens is 308 g/mol. The van der Waals surface area contributed by atoms with Gasteiger partial charge in [0, 0.05) is 25.3 Å². The highest BCUT2D eigenvalue weighted by atomic mass is 16.6. The minimum atomic E-state index is -0.484. The van der Waals surface area contributed by atoms with Crippen molar-refractivity contribution in [3.8, 4) is 0 Å². The molecular formula is C18H24N2O4. The van der Waals surface area contributed by atoms with Gasteiger partial charge < -0.3 is 19.3 Å². The summed E-state index contributed by atoms with van der Waals surface area (Å²) in [5.74, 6) is -0.321. The van der Waals surface area contributed by atoms with Crippen LogP contribution in [0.4, 0.5) is 10.5 Å². The van der Waals surface area contributed by atoms with Crippen molar-refractivity contribution in [2.75, 3.05) is 31.6 Å². The molecule has 0 aliphatic carbocycles. The van der Waals surface area contributed by atoms with Gasteiger partial charge in [-0.05, 0) is 51.0 Å². The van der Waals surface area contributed by atoms with Crippen LogP contribution in [0.25, 0.3) is 0 Å². The molecule has 6 nitrogen and oxygen atoms in total. The van der Waals surface area contributed by atoms with E-state index in [1.807, 2.05) is 32.9 Å². The largest absolute Gasteiger partial charge is 0.465 e. The van der Waals surface area contributed by atoms with Crippen LogP contribution in [0.1, 0.15) is 36.7 Å². The number of hydrogen-bond acceptors (Lipinski definition) is 5. The fourth-order valence-corrected chi connectivity index (χ4v) is 3.37. The first-order valence-electron chi connectivity index (χ1n) is 8.24. The van der Waals surface area contributed by atoms with E-state index in [9.17, 15) is 9.59 Å². The van der Waals surface area contributed by atoms with E-state index < -0.39 is 5.60 Å². The van der Waals surface area contributed by atoms with Crippen LogP contribution in [0.5, 0.6) is 0 Å². The Morgan fingerprint density at radius 1 is 1.21 bits per heavy atom. The highest BCUT2D eigenvalue weighted by Crippen LogP contribution is 2.35. The highest BCUT2D eigenvalue weighted by Gasteiger charge is 2.37. The fourth-order valence-electron chi connectivity index (χ4n) is 3.37. The summed E-state index contributed by atoms with van der Waals surface area (Å²) in [5.41, 5.74) is 2.37. The summed E-state index contributed by atoms with van der Waals surface area (Å²) < 4.78 is 10.3. The zero-order chi connectivity index (χ0) is 17.5. The Kier molecular flexibility index (Phi) is 4.15. The minimum absolute atomic E-state index is 0.231. The Balaban J connectivity index is 1.72. The van der Waals surface area contributed by atoms with Gasteiger partial charge in [-0.1, -0.05) is 0 Å². The molecule has 2 aliphatic heterocycles. The van der Waals surface area contributed by atoms with Crippen LogP contribution in [0, 0.1) is 0 Å². The van der Waals surface area contributed by atoms with Gasteiger partial charge in [-0.3, -0.25) is 0 Å². The number of methoxy groups -OCH3 is 1. The number of hydrogen-bond donors (Lipinski definition) is 0. The Labute approximate surface area is 142 Å². The van der Waals surface area contributed by atoms with Crippen molar-refractivity contribution in [1.82, 2.24) is 4.90 Å². The summed E-state index contributed by atoms with van der Waals surface area (Å²) in [6, 6.07) is 5.91. The quantitative estimate of drug-likeness (QED) is 0.739. The smallest absolute Gasteiger partial charge is 0.410 e. The molecule has 1 saturated heterocycles. The van der Waals surface area contributed by atoms with Crippen molar-refractivity contribution in [3.63, 3.8) is 0 Å².